The summed E-state index contributed by atoms with van der Waals surface area (Å²) in [6.07, 6.45) is 5.36. The Bertz CT molecular complexity index is 1090. The van der Waals surface area contributed by atoms with Gasteiger partial charge in [-0.2, -0.15) is 0 Å². The van der Waals surface area contributed by atoms with E-state index in [9.17, 15) is 9.59 Å². The van der Waals surface area contributed by atoms with E-state index < -0.39 is 17.4 Å². The van der Waals surface area contributed by atoms with Gasteiger partial charge >= 0.3 is 0 Å². The van der Waals surface area contributed by atoms with Crippen LogP contribution >= 0.6 is 0 Å². The van der Waals surface area contributed by atoms with Gasteiger partial charge in [0.1, 0.15) is 11.4 Å². The van der Waals surface area contributed by atoms with Crippen LogP contribution in [0.2, 0.25) is 0 Å². The van der Waals surface area contributed by atoms with Crippen molar-refractivity contribution in [3.05, 3.63) is 64.8 Å². The molecule has 4 heterocycles. The zero-order valence-electron chi connectivity index (χ0n) is 18.4. The summed E-state index contributed by atoms with van der Waals surface area (Å²) in [5.41, 5.74) is 3.80. The molecular weight excluding hydrogens is 392 g/mol. The number of likely N-dealkylation sites (tertiary alicyclic amines) is 1. The van der Waals surface area contributed by atoms with Crippen molar-refractivity contribution in [3.63, 3.8) is 0 Å². The molecule has 2 saturated heterocycles. The van der Waals surface area contributed by atoms with E-state index in [1.54, 1.807) is 18.1 Å². The molecule has 3 aliphatic rings. The number of imidazole rings is 1. The van der Waals surface area contributed by atoms with E-state index in [1.165, 1.54) is 11.1 Å². The fourth-order valence-electron chi connectivity index (χ4n) is 5.22. The van der Waals surface area contributed by atoms with E-state index in [-0.39, 0.29) is 17.9 Å². The van der Waals surface area contributed by atoms with Crippen LogP contribution in [-0.2, 0) is 27.4 Å². The fraction of sp³-hybridized carbons (Fsp3) is 0.458. The quantitative estimate of drug-likeness (QED) is 0.753. The predicted octanol–water partition coefficient (Wildman–Crippen LogP) is 2.28. The molecule has 1 N–H and O–H groups in total. The largest absolute Gasteiger partial charge is 0.360 e. The molecule has 2 amide bonds. The standard InChI is InChI=1S/C24H28N4O3/c1-14-5-6-17(9-15(14)2)11-28-13-24-8-7-18(31-24)20(21(24)23(28)30)22(29)27(4)12-19-25-10-16(3)26-19/h5-10,18,20-21H,11-13H2,1-4H3,(H,25,26)/t18-,20+,21-,24-/m0/s1. The van der Waals surface area contributed by atoms with E-state index in [0.29, 0.717) is 19.6 Å². The van der Waals surface area contributed by atoms with Crippen LogP contribution in [0.15, 0.2) is 36.5 Å². The van der Waals surface area contributed by atoms with Gasteiger partial charge in [0.15, 0.2) is 0 Å². The van der Waals surface area contributed by atoms with Crippen LogP contribution in [-0.4, -0.2) is 56.9 Å². The van der Waals surface area contributed by atoms with E-state index in [0.717, 1.165) is 17.1 Å². The fourth-order valence-corrected chi connectivity index (χ4v) is 5.22. The second-order valence-electron chi connectivity index (χ2n) is 9.22. The lowest BCUT2D eigenvalue weighted by atomic mass is 9.76. The smallest absolute Gasteiger partial charge is 0.230 e. The normalized spacial score (nSPS) is 28.5. The van der Waals surface area contributed by atoms with Crippen molar-refractivity contribution in [1.82, 2.24) is 19.8 Å². The molecule has 1 spiro atoms. The van der Waals surface area contributed by atoms with Gasteiger partial charge in [0.2, 0.25) is 11.8 Å². The number of aromatic amines is 1. The first-order chi connectivity index (χ1) is 14.8. The van der Waals surface area contributed by atoms with Gasteiger partial charge in [-0.1, -0.05) is 30.4 Å². The molecule has 4 atom stereocenters. The molecule has 7 nitrogen and oxygen atoms in total. The number of nitrogens with one attached hydrogen (secondary N) is 1. The van der Waals surface area contributed by atoms with Gasteiger partial charge in [0, 0.05) is 25.5 Å². The third kappa shape index (κ3) is 3.19. The summed E-state index contributed by atoms with van der Waals surface area (Å²) in [5.74, 6) is -0.301. The SMILES string of the molecule is Cc1cnc(CN(C)C(=O)[C@@H]2[C@@H]3C=C[C@@]4(CN(Cc5ccc(C)c(C)c5)C(=O)[C@H]24)O3)[nH]1. The first kappa shape index (κ1) is 20.0. The highest BCUT2D eigenvalue weighted by atomic mass is 16.5. The van der Waals surface area contributed by atoms with Crippen LogP contribution in [0.3, 0.4) is 0 Å². The van der Waals surface area contributed by atoms with Gasteiger partial charge in [0.25, 0.3) is 0 Å². The maximum atomic E-state index is 13.4. The van der Waals surface area contributed by atoms with Gasteiger partial charge < -0.3 is 19.5 Å². The first-order valence-electron chi connectivity index (χ1n) is 10.7. The average molecular weight is 421 g/mol. The number of amides is 2. The summed E-state index contributed by atoms with van der Waals surface area (Å²) in [6, 6.07) is 6.28. The number of nitrogens with zero attached hydrogens (tertiary/aromatic N) is 3. The third-order valence-electron chi connectivity index (χ3n) is 6.93. The van der Waals surface area contributed by atoms with Crippen molar-refractivity contribution in [2.45, 2.75) is 45.6 Å². The van der Waals surface area contributed by atoms with Crippen molar-refractivity contribution >= 4 is 11.8 Å². The zero-order chi connectivity index (χ0) is 21.9. The molecule has 7 heteroatoms. The number of carbonyl (C=O) groups is 2. The summed E-state index contributed by atoms with van der Waals surface area (Å²) in [6.45, 7) is 7.48. The highest BCUT2D eigenvalue weighted by Gasteiger charge is 2.67. The number of rotatable bonds is 5. The number of hydrogen-bond acceptors (Lipinski definition) is 4. The summed E-state index contributed by atoms with van der Waals surface area (Å²) in [7, 11) is 1.76. The van der Waals surface area contributed by atoms with Crippen molar-refractivity contribution < 1.29 is 14.3 Å². The Morgan fingerprint density at radius 1 is 1.32 bits per heavy atom. The van der Waals surface area contributed by atoms with Crippen LogP contribution in [0.5, 0.6) is 0 Å². The van der Waals surface area contributed by atoms with Crippen molar-refractivity contribution in [2.75, 3.05) is 13.6 Å². The predicted molar refractivity (Wildman–Crippen MR) is 115 cm³/mol. The van der Waals surface area contributed by atoms with Crippen LogP contribution in [0.1, 0.15) is 28.2 Å². The second kappa shape index (κ2) is 7.05. The molecule has 0 aliphatic carbocycles. The summed E-state index contributed by atoms with van der Waals surface area (Å²) >= 11 is 0. The van der Waals surface area contributed by atoms with Gasteiger partial charge in [-0.3, -0.25) is 9.59 Å². The van der Waals surface area contributed by atoms with Crippen molar-refractivity contribution in [1.29, 1.82) is 0 Å². The molecule has 1 aromatic heterocycles. The molecule has 2 aromatic rings. The Morgan fingerprint density at radius 3 is 2.84 bits per heavy atom. The number of aryl methyl sites for hydroxylation is 3. The average Bonchev–Trinajstić information content (AvgIpc) is 3.46. The summed E-state index contributed by atoms with van der Waals surface area (Å²) in [4.78, 5) is 37.8. The molecule has 1 aromatic carbocycles. The molecule has 2 fully saturated rings. The Kier molecular flexibility index (Phi) is 4.55. The lowest BCUT2D eigenvalue weighted by Gasteiger charge is -2.27. The van der Waals surface area contributed by atoms with Crippen LogP contribution in [0, 0.1) is 32.6 Å². The number of benzene rings is 1. The minimum Gasteiger partial charge on any atom is -0.360 e. The topological polar surface area (TPSA) is 78.5 Å². The lowest BCUT2D eigenvalue weighted by Crippen LogP contribution is -2.44. The molecule has 5 rings (SSSR count). The molecule has 3 aliphatic heterocycles. The van der Waals surface area contributed by atoms with Crippen molar-refractivity contribution in [2.24, 2.45) is 11.8 Å². The number of ether oxygens (including phenoxy) is 1. The first-order valence-corrected chi connectivity index (χ1v) is 10.7. The van der Waals surface area contributed by atoms with E-state index in [2.05, 4.69) is 42.0 Å². The number of H-pyrrole nitrogens is 1. The number of hydrogen-bond donors (Lipinski definition) is 1. The molecule has 162 valence electrons. The molecule has 2 bridgehead atoms. The Labute approximate surface area is 182 Å². The van der Waals surface area contributed by atoms with E-state index in [4.69, 9.17) is 4.74 Å². The Morgan fingerprint density at radius 2 is 2.13 bits per heavy atom. The van der Waals surface area contributed by atoms with Crippen LogP contribution in [0.4, 0.5) is 0 Å². The van der Waals surface area contributed by atoms with Gasteiger partial charge in [-0.25, -0.2) is 4.98 Å². The highest BCUT2D eigenvalue weighted by Crippen LogP contribution is 2.52. The number of fused-ring (bicyclic) bond motifs is 1. The Hall–Kier alpha value is -2.93. The zero-order valence-corrected chi connectivity index (χ0v) is 18.4. The number of aromatic nitrogens is 2. The molecule has 0 saturated carbocycles. The molecule has 0 unspecified atom stereocenters. The van der Waals surface area contributed by atoms with Crippen LogP contribution in [0.25, 0.3) is 0 Å². The van der Waals surface area contributed by atoms with Crippen molar-refractivity contribution in [3.8, 4) is 0 Å². The molecule has 0 radical (unpaired) electrons. The van der Waals surface area contributed by atoms with Gasteiger partial charge in [-0.05, 0) is 37.5 Å². The summed E-state index contributed by atoms with van der Waals surface area (Å²) in [5, 5.41) is 0. The maximum Gasteiger partial charge on any atom is 0.230 e. The minimum absolute atomic E-state index is 0.00525. The molecular formula is C24H28N4O3. The van der Waals surface area contributed by atoms with Crippen LogP contribution < -0.4 is 0 Å². The Balaban J connectivity index is 1.35. The van der Waals surface area contributed by atoms with E-state index >= 15 is 0 Å². The minimum atomic E-state index is -0.691. The van der Waals surface area contributed by atoms with Gasteiger partial charge in [0.05, 0.1) is 31.0 Å². The molecule has 31 heavy (non-hydrogen) atoms. The maximum absolute atomic E-state index is 13.4. The number of carbonyl (C=O) groups excluding carboxylic acids is 2. The highest BCUT2D eigenvalue weighted by molar-refractivity contribution is 5.93. The third-order valence-corrected chi connectivity index (χ3v) is 6.93. The van der Waals surface area contributed by atoms with Gasteiger partial charge in [-0.15, -0.1) is 0 Å². The second-order valence-corrected chi connectivity index (χ2v) is 9.22. The monoisotopic (exact) mass is 420 g/mol. The van der Waals surface area contributed by atoms with E-state index in [1.807, 2.05) is 24.0 Å². The lowest BCUT2D eigenvalue weighted by molar-refractivity contribution is -0.143. The summed E-state index contributed by atoms with van der Waals surface area (Å²) < 4.78 is 6.26.